The molecule has 3 nitrogen and oxygen atoms in total. The molecular weight excluding hydrogens is 316 g/mol. The van der Waals surface area contributed by atoms with Crippen LogP contribution in [-0.4, -0.2) is 24.7 Å². The number of rotatable bonds is 2. The predicted octanol–water partition coefficient (Wildman–Crippen LogP) is 3.60. The van der Waals surface area contributed by atoms with E-state index in [0.29, 0.717) is 0 Å². The average Bonchev–Trinajstić information content (AvgIpc) is 2.48. The topological polar surface area (TPSA) is 25.4 Å². The first-order valence-electron chi connectivity index (χ1n) is 6.72. The van der Waals surface area contributed by atoms with Crippen molar-refractivity contribution in [1.29, 1.82) is 0 Å². The number of anilines is 1. The SMILES string of the molecule is CC1(c2ccccc2)CN(c2cncc(Br)c2)CCO1. The van der Waals surface area contributed by atoms with Crippen LogP contribution in [0.4, 0.5) is 5.69 Å². The molecule has 1 atom stereocenters. The molecular formula is C16H17BrN2O. The molecule has 2 aromatic rings. The van der Waals surface area contributed by atoms with Gasteiger partial charge in [0.05, 0.1) is 25.0 Å². The fourth-order valence-corrected chi connectivity index (χ4v) is 2.98. The van der Waals surface area contributed by atoms with Gasteiger partial charge in [0.2, 0.25) is 0 Å². The zero-order valence-electron chi connectivity index (χ0n) is 11.4. The summed E-state index contributed by atoms with van der Waals surface area (Å²) < 4.78 is 7.06. The summed E-state index contributed by atoms with van der Waals surface area (Å²) in [6, 6.07) is 12.5. The molecule has 0 saturated carbocycles. The molecule has 1 aliphatic rings. The molecule has 1 aliphatic heterocycles. The summed E-state index contributed by atoms with van der Waals surface area (Å²) in [6.45, 7) is 4.59. The summed E-state index contributed by atoms with van der Waals surface area (Å²) in [4.78, 5) is 6.58. The normalized spacial score (nSPS) is 22.8. The number of aromatic nitrogens is 1. The maximum absolute atomic E-state index is 6.06. The molecule has 3 rings (SSSR count). The van der Waals surface area contributed by atoms with Gasteiger partial charge in [-0.25, -0.2) is 0 Å². The third-order valence-electron chi connectivity index (χ3n) is 3.71. The van der Waals surface area contributed by atoms with Crippen LogP contribution in [0.15, 0.2) is 53.3 Å². The summed E-state index contributed by atoms with van der Waals surface area (Å²) >= 11 is 3.48. The highest BCUT2D eigenvalue weighted by Crippen LogP contribution is 2.32. The number of hydrogen-bond donors (Lipinski definition) is 0. The van der Waals surface area contributed by atoms with E-state index in [1.807, 2.05) is 12.3 Å². The van der Waals surface area contributed by atoms with Crippen LogP contribution >= 0.6 is 15.9 Å². The maximum Gasteiger partial charge on any atom is 0.108 e. The van der Waals surface area contributed by atoms with E-state index >= 15 is 0 Å². The number of morpholine rings is 1. The van der Waals surface area contributed by atoms with Crippen LogP contribution in [0.3, 0.4) is 0 Å². The third-order valence-corrected chi connectivity index (χ3v) is 4.15. The fraction of sp³-hybridized carbons (Fsp3) is 0.312. The van der Waals surface area contributed by atoms with E-state index in [0.717, 1.165) is 29.9 Å². The zero-order chi connectivity index (χ0) is 14.0. The van der Waals surface area contributed by atoms with Crippen LogP contribution in [-0.2, 0) is 10.3 Å². The Morgan fingerprint density at radius 3 is 2.80 bits per heavy atom. The van der Waals surface area contributed by atoms with E-state index in [9.17, 15) is 0 Å². The monoisotopic (exact) mass is 332 g/mol. The minimum Gasteiger partial charge on any atom is -0.367 e. The summed E-state index contributed by atoms with van der Waals surface area (Å²) in [6.07, 6.45) is 3.71. The number of nitrogens with zero attached hydrogens (tertiary/aromatic N) is 2. The van der Waals surface area contributed by atoms with Gasteiger partial charge in [-0.15, -0.1) is 0 Å². The Hall–Kier alpha value is -1.39. The molecule has 20 heavy (non-hydrogen) atoms. The smallest absolute Gasteiger partial charge is 0.108 e. The summed E-state index contributed by atoms with van der Waals surface area (Å²) in [5, 5.41) is 0. The third kappa shape index (κ3) is 2.72. The lowest BCUT2D eigenvalue weighted by Crippen LogP contribution is -2.48. The van der Waals surface area contributed by atoms with Crippen molar-refractivity contribution < 1.29 is 4.74 Å². The molecule has 1 unspecified atom stereocenters. The maximum atomic E-state index is 6.06. The molecule has 1 aromatic carbocycles. The van der Waals surface area contributed by atoms with Crippen molar-refractivity contribution in [2.45, 2.75) is 12.5 Å². The van der Waals surface area contributed by atoms with Crippen molar-refractivity contribution in [2.24, 2.45) is 0 Å². The molecule has 0 N–H and O–H groups in total. The Kier molecular flexibility index (Phi) is 3.76. The lowest BCUT2D eigenvalue weighted by Gasteiger charge is -2.41. The number of ether oxygens (including phenoxy) is 1. The number of halogens is 1. The Balaban J connectivity index is 1.87. The van der Waals surface area contributed by atoms with Crippen LogP contribution in [0.2, 0.25) is 0 Å². The molecule has 1 aromatic heterocycles. The van der Waals surface area contributed by atoms with Gasteiger partial charge in [0.1, 0.15) is 5.60 Å². The van der Waals surface area contributed by atoms with Crippen molar-refractivity contribution in [2.75, 3.05) is 24.6 Å². The first-order chi connectivity index (χ1) is 9.67. The second-order valence-corrected chi connectivity index (χ2v) is 6.14. The summed E-state index contributed by atoms with van der Waals surface area (Å²) in [7, 11) is 0. The molecule has 0 radical (unpaired) electrons. The average molecular weight is 333 g/mol. The van der Waals surface area contributed by atoms with Crippen molar-refractivity contribution in [1.82, 2.24) is 4.98 Å². The van der Waals surface area contributed by atoms with Crippen LogP contribution in [0, 0.1) is 0 Å². The van der Waals surface area contributed by atoms with Crippen LogP contribution in [0.25, 0.3) is 0 Å². The standard InChI is InChI=1S/C16H17BrN2O/c1-16(13-5-3-2-4-6-13)12-19(7-8-20-16)15-9-14(17)10-18-11-15/h2-6,9-11H,7-8,12H2,1H3. The summed E-state index contributed by atoms with van der Waals surface area (Å²) in [5.41, 5.74) is 2.07. The largest absolute Gasteiger partial charge is 0.367 e. The van der Waals surface area contributed by atoms with Gasteiger partial charge >= 0.3 is 0 Å². The molecule has 0 amide bonds. The second kappa shape index (κ2) is 5.54. The molecule has 104 valence electrons. The Bertz CT molecular complexity index is 590. The van der Waals surface area contributed by atoms with Gasteiger partial charge in [-0.05, 0) is 34.5 Å². The van der Waals surface area contributed by atoms with E-state index in [4.69, 9.17) is 4.74 Å². The number of pyridine rings is 1. The van der Waals surface area contributed by atoms with Gasteiger partial charge in [0.15, 0.2) is 0 Å². The van der Waals surface area contributed by atoms with Crippen LogP contribution < -0.4 is 4.90 Å². The Labute approximate surface area is 127 Å². The molecule has 4 heteroatoms. The molecule has 0 aliphatic carbocycles. The van der Waals surface area contributed by atoms with Crippen LogP contribution in [0.5, 0.6) is 0 Å². The highest BCUT2D eigenvalue weighted by atomic mass is 79.9. The minimum absolute atomic E-state index is 0.276. The van der Waals surface area contributed by atoms with Crippen molar-refractivity contribution in [3.05, 3.63) is 58.8 Å². The zero-order valence-corrected chi connectivity index (χ0v) is 13.0. The lowest BCUT2D eigenvalue weighted by atomic mass is 9.93. The molecule has 1 saturated heterocycles. The lowest BCUT2D eigenvalue weighted by molar-refractivity contribution is -0.0466. The van der Waals surface area contributed by atoms with E-state index < -0.39 is 0 Å². The molecule has 1 fully saturated rings. The van der Waals surface area contributed by atoms with Gasteiger partial charge in [0.25, 0.3) is 0 Å². The fourth-order valence-electron chi connectivity index (χ4n) is 2.63. The van der Waals surface area contributed by atoms with Gasteiger partial charge in [-0.2, -0.15) is 0 Å². The quantitative estimate of drug-likeness (QED) is 0.840. The van der Waals surface area contributed by atoms with Gasteiger partial charge in [0, 0.05) is 17.2 Å². The van der Waals surface area contributed by atoms with E-state index in [1.54, 1.807) is 6.20 Å². The van der Waals surface area contributed by atoms with Crippen molar-refractivity contribution in [3.8, 4) is 0 Å². The van der Waals surface area contributed by atoms with Gasteiger partial charge in [-0.1, -0.05) is 30.3 Å². The first-order valence-corrected chi connectivity index (χ1v) is 7.52. The molecule has 2 heterocycles. The second-order valence-electron chi connectivity index (χ2n) is 5.23. The van der Waals surface area contributed by atoms with E-state index in [-0.39, 0.29) is 5.60 Å². The molecule has 0 bridgehead atoms. The predicted molar refractivity (Wildman–Crippen MR) is 83.9 cm³/mol. The summed E-state index contributed by atoms with van der Waals surface area (Å²) in [5.74, 6) is 0. The van der Waals surface area contributed by atoms with Crippen molar-refractivity contribution in [3.63, 3.8) is 0 Å². The Morgan fingerprint density at radius 1 is 1.25 bits per heavy atom. The Morgan fingerprint density at radius 2 is 2.05 bits per heavy atom. The number of hydrogen-bond acceptors (Lipinski definition) is 3. The van der Waals surface area contributed by atoms with Gasteiger partial charge in [-0.3, -0.25) is 4.98 Å². The number of benzene rings is 1. The minimum atomic E-state index is -0.276. The molecule has 0 spiro atoms. The van der Waals surface area contributed by atoms with E-state index in [2.05, 4.69) is 63.1 Å². The van der Waals surface area contributed by atoms with Gasteiger partial charge < -0.3 is 9.64 Å². The van der Waals surface area contributed by atoms with Crippen LogP contribution in [0.1, 0.15) is 12.5 Å². The highest BCUT2D eigenvalue weighted by Gasteiger charge is 2.33. The van der Waals surface area contributed by atoms with Crippen molar-refractivity contribution >= 4 is 21.6 Å². The highest BCUT2D eigenvalue weighted by molar-refractivity contribution is 9.10. The van der Waals surface area contributed by atoms with E-state index in [1.165, 1.54) is 5.56 Å². The first kappa shape index (κ1) is 13.6.